The highest BCUT2D eigenvalue weighted by Crippen LogP contribution is 2.34. The Morgan fingerprint density at radius 3 is 2.77 bits per heavy atom. The highest BCUT2D eigenvalue weighted by molar-refractivity contribution is 5.42. The number of fused-ring (bicyclic) bond motifs is 1. The van der Waals surface area contributed by atoms with Gasteiger partial charge in [0.05, 0.1) is 0 Å². The molecule has 1 aromatic carbocycles. The summed E-state index contributed by atoms with van der Waals surface area (Å²) in [6.45, 7) is 1.99. The van der Waals surface area contributed by atoms with Crippen LogP contribution in [-0.2, 0) is 0 Å². The molecule has 1 heterocycles. The lowest BCUT2D eigenvalue weighted by atomic mass is 10.1. The monoisotopic (exact) mass is 175 g/mol. The molecular weight excluding hydrogens is 166 g/mol. The first kappa shape index (κ1) is 7.93. The summed E-state index contributed by atoms with van der Waals surface area (Å²) in [7, 11) is 0. The third-order valence-corrected chi connectivity index (χ3v) is 1.92. The highest BCUT2D eigenvalue weighted by Gasteiger charge is 2.32. The van der Waals surface area contributed by atoms with Crippen molar-refractivity contribution >= 4 is 0 Å². The number of benzene rings is 1. The van der Waals surface area contributed by atoms with Gasteiger partial charge in [-0.3, -0.25) is 0 Å². The molecule has 0 saturated carbocycles. The van der Waals surface area contributed by atoms with Crippen molar-refractivity contribution in [3.8, 4) is 17.6 Å². The summed E-state index contributed by atoms with van der Waals surface area (Å²) >= 11 is 0. The van der Waals surface area contributed by atoms with Gasteiger partial charge in [-0.1, -0.05) is 12.1 Å². The molecule has 3 nitrogen and oxygen atoms in total. The second kappa shape index (κ2) is 2.67. The Kier molecular flexibility index (Phi) is 1.63. The molecular formula is C10H9NO2. The number of hydrogen-bond acceptors (Lipinski definition) is 3. The second-order valence-electron chi connectivity index (χ2n) is 3.18. The molecule has 0 radical (unpaired) electrons. The van der Waals surface area contributed by atoms with Gasteiger partial charge in [-0.2, -0.15) is 5.26 Å². The summed E-state index contributed by atoms with van der Waals surface area (Å²) in [6, 6.07) is 9.42. The number of rotatable bonds is 0. The van der Waals surface area contributed by atoms with Gasteiger partial charge in [0.2, 0.25) is 5.60 Å². The topological polar surface area (TPSA) is 42.2 Å². The Balaban J connectivity index is 2.36. The number of ether oxygens (including phenoxy) is 2. The van der Waals surface area contributed by atoms with Gasteiger partial charge < -0.3 is 9.47 Å². The maximum absolute atomic E-state index is 8.82. The number of para-hydroxylation sites is 2. The van der Waals surface area contributed by atoms with Crippen LogP contribution in [0.2, 0.25) is 0 Å². The van der Waals surface area contributed by atoms with E-state index in [1.54, 1.807) is 13.0 Å². The molecule has 13 heavy (non-hydrogen) atoms. The lowest BCUT2D eigenvalue weighted by Gasteiger charge is -2.29. The van der Waals surface area contributed by atoms with E-state index in [-0.39, 0.29) is 6.61 Å². The van der Waals surface area contributed by atoms with Crippen LogP contribution in [0.15, 0.2) is 24.3 Å². The first-order valence-corrected chi connectivity index (χ1v) is 4.06. The maximum Gasteiger partial charge on any atom is 0.225 e. The Morgan fingerprint density at radius 1 is 1.38 bits per heavy atom. The van der Waals surface area contributed by atoms with Crippen molar-refractivity contribution in [1.29, 1.82) is 5.26 Å². The maximum atomic E-state index is 8.82. The molecule has 66 valence electrons. The molecule has 1 unspecified atom stereocenters. The minimum Gasteiger partial charge on any atom is -0.484 e. The van der Waals surface area contributed by atoms with Crippen LogP contribution in [0.5, 0.6) is 11.5 Å². The van der Waals surface area contributed by atoms with E-state index in [2.05, 4.69) is 6.07 Å². The smallest absolute Gasteiger partial charge is 0.225 e. The summed E-state index contributed by atoms with van der Waals surface area (Å²) in [5.41, 5.74) is -0.853. The van der Waals surface area contributed by atoms with Crippen LogP contribution in [0, 0.1) is 11.3 Å². The number of hydrogen-bond donors (Lipinski definition) is 0. The minimum absolute atomic E-state index is 0.278. The second-order valence-corrected chi connectivity index (χ2v) is 3.18. The molecule has 0 fully saturated rings. The van der Waals surface area contributed by atoms with Crippen LogP contribution in [0.4, 0.5) is 0 Å². The zero-order valence-electron chi connectivity index (χ0n) is 7.28. The van der Waals surface area contributed by atoms with E-state index in [1.165, 1.54) is 0 Å². The predicted molar refractivity (Wildman–Crippen MR) is 46.6 cm³/mol. The lowest BCUT2D eigenvalue weighted by molar-refractivity contribution is 0.0503. The van der Waals surface area contributed by atoms with E-state index in [9.17, 15) is 0 Å². The van der Waals surface area contributed by atoms with Gasteiger partial charge in [0, 0.05) is 0 Å². The first-order valence-electron chi connectivity index (χ1n) is 4.06. The summed E-state index contributed by atoms with van der Waals surface area (Å²) in [5, 5.41) is 8.82. The number of nitrogens with zero attached hydrogens (tertiary/aromatic N) is 1. The van der Waals surface area contributed by atoms with Crippen LogP contribution < -0.4 is 9.47 Å². The van der Waals surface area contributed by atoms with Crippen molar-refractivity contribution in [2.75, 3.05) is 6.61 Å². The average molecular weight is 175 g/mol. The third kappa shape index (κ3) is 1.31. The molecule has 0 N–H and O–H groups in total. The van der Waals surface area contributed by atoms with Crippen molar-refractivity contribution in [2.24, 2.45) is 0 Å². The largest absolute Gasteiger partial charge is 0.484 e. The van der Waals surface area contributed by atoms with Crippen LogP contribution in [0.25, 0.3) is 0 Å². The van der Waals surface area contributed by atoms with Crippen molar-refractivity contribution in [3.05, 3.63) is 24.3 Å². The van der Waals surface area contributed by atoms with Gasteiger partial charge in [-0.25, -0.2) is 0 Å². The van der Waals surface area contributed by atoms with E-state index >= 15 is 0 Å². The fourth-order valence-corrected chi connectivity index (χ4v) is 1.20. The van der Waals surface area contributed by atoms with Crippen molar-refractivity contribution < 1.29 is 9.47 Å². The van der Waals surface area contributed by atoms with Gasteiger partial charge in [0.15, 0.2) is 11.5 Å². The van der Waals surface area contributed by atoms with Crippen LogP contribution in [0.1, 0.15) is 6.92 Å². The normalized spacial score (nSPS) is 24.9. The molecule has 0 aromatic heterocycles. The van der Waals surface area contributed by atoms with E-state index in [4.69, 9.17) is 14.7 Å². The SMILES string of the molecule is CC1(C#N)COc2ccccc2O1. The summed E-state index contributed by atoms with van der Waals surface area (Å²) in [4.78, 5) is 0. The standard InChI is InChI=1S/C10H9NO2/c1-10(6-11)7-12-8-4-2-3-5-9(8)13-10/h2-5H,7H2,1H3. The van der Waals surface area contributed by atoms with Crippen molar-refractivity contribution in [3.63, 3.8) is 0 Å². The van der Waals surface area contributed by atoms with Gasteiger partial charge in [-0.15, -0.1) is 0 Å². The molecule has 0 saturated heterocycles. The molecule has 3 heteroatoms. The van der Waals surface area contributed by atoms with E-state index in [1.807, 2.05) is 18.2 Å². The summed E-state index contributed by atoms with van der Waals surface area (Å²) in [5.74, 6) is 1.34. The van der Waals surface area contributed by atoms with Gasteiger partial charge in [-0.05, 0) is 19.1 Å². The van der Waals surface area contributed by atoms with E-state index in [0.717, 1.165) is 0 Å². The average Bonchev–Trinajstić information content (AvgIpc) is 2.18. The van der Waals surface area contributed by atoms with E-state index < -0.39 is 5.60 Å². The predicted octanol–water partition coefficient (Wildman–Crippen LogP) is 1.74. The van der Waals surface area contributed by atoms with Crippen molar-refractivity contribution in [1.82, 2.24) is 0 Å². The first-order chi connectivity index (χ1) is 6.23. The molecule has 1 aliphatic heterocycles. The van der Waals surface area contributed by atoms with Crippen molar-refractivity contribution in [2.45, 2.75) is 12.5 Å². The van der Waals surface area contributed by atoms with Crippen LogP contribution in [-0.4, -0.2) is 12.2 Å². The van der Waals surface area contributed by atoms with Crippen LogP contribution in [0.3, 0.4) is 0 Å². The fraction of sp³-hybridized carbons (Fsp3) is 0.300. The fourth-order valence-electron chi connectivity index (χ4n) is 1.20. The minimum atomic E-state index is -0.853. The third-order valence-electron chi connectivity index (χ3n) is 1.92. The molecule has 0 bridgehead atoms. The zero-order valence-corrected chi connectivity index (χ0v) is 7.28. The molecule has 1 aromatic rings. The quantitative estimate of drug-likeness (QED) is 0.603. The molecule has 1 atom stereocenters. The lowest BCUT2D eigenvalue weighted by Crippen LogP contribution is -2.40. The summed E-state index contributed by atoms with van der Waals surface area (Å²) in [6.07, 6.45) is 0. The highest BCUT2D eigenvalue weighted by atomic mass is 16.6. The zero-order chi connectivity index (χ0) is 9.31. The summed E-state index contributed by atoms with van der Waals surface area (Å²) < 4.78 is 10.9. The van der Waals surface area contributed by atoms with Gasteiger partial charge in [0.1, 0.15) is 12.7 Å². The van der Waals surface area contributed by atoms with Gasteiger partial charge >= 0.3 is 0 Å². The molecule has 0 spiro atoms. The van der Waals surface area contributed by atoms with Crippen LogP contribution >= 0.6 is 0 Å². The molecule has 1 aliphatic rings. The Bertz CT molecular complexity index is 369. The number of nitriles is 1. The molecule has 0 aliphatic carbocycles. The van der Waals surface area contributed by atoms with Gasteiger partial charge in [0.25, 0.3) is 0 Å². The Labute approximate surface area is 76.5 Å². The van der Waals surface area contributed by atoms with E-state index in [0.29, 0.717) is 11.5 Å². The molecule has 0 amide bonds. The Hall–Kier alpha value is -1.69. The molecule has 2 rings (SSSR count). The Morgan fingerprint density at radius 2 is 2.08 bits per heavy atom.